The molecule has 3 aliphatic carbocycles. The lowest BCUT2D eigenvalue weighted by molar-refractivity contribution is -0.270. The van der Waals surface area contributed by atoms with E-state index in [1.165, 1.54) is 0 Å². The average Bonchev–Trinajstić information content (AvgIpc) is 3.18. The van der Waals surface area contributed by atoms with Crippen LogP contribution in [-0.4, -0.2) is 204 Å². The van der Waals surface area contributed by atoms with Crippen molar-refractivity contribution in [1.82, 2.24) is 10.6 Å². The second-order valence-electron chi connectivity index (χ2n) is 17.1. The smallest absolute Gasteiger partial charge is 0.176 e. The van der Waals surface area contributed by atoms with Crippen molar-refractivity contribution in [3.63, 3.8) is 0 Å². The lowest BCUT2D eigenvalue weighted by Crippen LogP contribution is -2.65. The second kappa shape index (κ2) is 22.5. The summed E-state index contributed by atoms with van der Waals surface area (Å²) < 4.78 is 35.4. The molecule has 0 aromatic carbocycles. The van der Waals surface area contributed by atoms with E-state index in [4.69, 9.17) is 74.3 Å². The minimum atomic E-state index is -1.23. The zero-order chi connectivity index (χ0) is 42.3. The Balaban J connectivity index is 0.970. The molecule has 0 bridgehead atoms. The van der Waals surface area contributed by atoms with Crippen LogP contribution in [0.3, 0.4) is 0 Å². The number of rotatable bonds is 18. The molecule has 0 aromatic rings. The van der Waals surface area contributed by atoms with E-state index in [-0.39, 0.29) is 70.7 Å². The van der Waals surface area contributed by atoms with Crippen molar-refractivity contribution in [2.24, 2.45) is 45.9 Å². The second-order valence-corrected chi connectivity index (χ2v) is 17.1. The first-order chi connectivity index (χ1) is 27.6. The van der Waals surface area contributed by atoms with Crippen LogP contribution in [0.2, 0.25) is 0 Å². The van der Waals surface area contributed by atoms with E-state index in [1.807, 2.05) is 0 Å². The van der Waals surface area contributed by atoms with E-state index >= 15 is 0 Å². The summed E-state index contributed by atoms with van der Waals surface area (Å²) in [7, 11) is 0. The van der Waals surface area contributed by atoms with Crippen LogP contribution >= 0.6 is 0 Å². The van der Waals surface area contributed by atoms with Crippen molar-refractivity contribution < 1.29 is 59.1 Å². The predicted octanol–water partition coefficient (Wildman–Crippen LogP) is -7.90. The lowest BCUT2D eigenvalue weighted by atomic mass is 9.84. The van der Waals surface area contributed by atoms with Crippen LogP contribution in [0.25, 0.3) is 0 Å². The van der Waals surface area contributed by atoms with Crippen molar-refractivity contribution in [3.05, 3.63) is 0 Å². The van der Waals surface area contributed by atoms with E-state index in [0.717, 1.165) is 25.7 Å². The predicted molar refractivity (Wildman–Crippen MR) is 209 cm³/mol. The van der Waals surface area contributed by atoms with Gasteiger partial charge in [0.15, 0.2) is 12.6 Å². The van der Waals surface area contributed by atoms with Gasteiger partial charge in [-0.1, -0.05) is 0 Å². The van der Waals surface area contributed by atoms with Gasteiger partial charge in [0.05, 0.1) is 61.9 Å². The van der Waals surface area contributed by atoms with Crippen molar-refractivity contribution >= 4 is 0 Å². The number of aliphatic hydroxyl groups is 6. The topological polar surface area (TPSA) is 409 Å². The SMILES string of the molecule is NC[C@@H]1C[C@H](O)[C@@H](N)[C@H](O[C@H]2[C@H](O)[C@@H](OC[C@@H](O)CNC3CCC(NC[C@@H](O)CO[C@@H]4[C@@H](O)[C@H](O[C@H]5O[C@H](CN)[C@@H](O)C[C@H]5N)[C@@H](N)C[C@H]4N)CC3)[C@H](N)C[C@@H]2N)O1. The maximum absolute atomic E-state index is 11.2. The van der Waals surface area contributed by atoms with Gasteiger partial charge >= 0.3 is 0 Å². The van der Waals surface area contributed by atoms with Crippen LogP contribution in [0.4, 0.5) is 0 Å². The fraction of sp³-hybridized carbons (Fsp3) is 1.00. The van der Waals surface area contributed by atoms with Crippen molar-refractivity contribution in [3.8, 4) is 0 Å². The molecule has 0 spiro atoms. The summed E-state index contributed by atoms with van der Waals surface area (Å²) in [6.45, 7) is 0.626. The van der Waals surface area contributed by atoms with Gasteiger partial charge in [-0.25, -0.2) is 0 Å². The molecular formula is C36H74N10O12. The van der Waals surface area contributed by atoms with Gasteiger partial charge < -0.3 is 116 Å². The van der Waals surface area contributed by atoms with Gasteiger partial charge in [-0.15, -0.1) is 0 Å². The summed E-state index contributed by atoms with van der Waals surface area (Å²) in [6.07, 6.45) is -8.07. The summed E-state index contributed by atoms with van der Waals surface area (Å²) in [5.41, 5.74) is 48.9. The number of nitrogens with one attached hydrogen (secondary N) is 2. The highest BCUT2D eigenvalue weighted by molar-refractivity contribution is 5.01. The number of hydrogen-bond acceptors (Lipinski definition) is 22. The molecule has 0 aromatic heterocycles. The standard InChI is InChI=1S/C36H74N10O12/c37-9-19-5-26(50)28(44)36(55-19)58-34-23(42)7-21(40)32(30(34)52)54-14-18(48)12-46-16-3-1-15(2-4-16)45-11-17(47)13-53-31-20(39)6-22(41)33(29(31)51)57-35-24(43)8-25(49)27(10-38)56-35/h15-36,45-52H,1-14,37-44H2/t15?,16?,17-,18+,19+,20-,21-,22+,23+,24-,25+,26+,27-,28-,29-,30-,31+,32+,33-,34-,35-,36+/m1/s1. The molecule has 2 heterocycles. The van der Waals surface area contributed by atoms with E-state index in [9.17, 15) is 30.6 Å². The maximum atomic E-state index is 11.2. The minimum absolute atomic E-state index is 0.0755. The highest BCUT2D eigenvalue weighted by atomic mass is 16.7. The summed E-state index contributed by atoms with van der Waals surface area (Å²) in [4.78, 5) is 0. The van der Waals surface area contributed by atoms with Crippen LogP contribution in [0, 0.1) is 0 Å². The maximum Gasteiger partial charge on any atom is 0.176 e. The zero-order valence-corrected chi connectivity index (χ0v) is 33.4. The molecule has 5 rings (SSSR count). The van der Waals surface area contributed by atoms with Crippen LogP contribution in [0.1, 0.15) is 51.4 Å². The molecule has 2 saturated heterocycles. The van der Waals surface area contributed by atoms with Crippen LogP contribution < -0.4 is 56.5 Å². The summed E-state index contributed by atoms with van der Waals surface area (Å²) >= 11 is 0. The fourth-order valence-corrected chi connectivity index (χ4v) is 8.81. The molecule has 3 saturated carbocycles. The van der Waals surface area contributed by atoms with Gasteiger partial charge in [-0.05, 0) is 44.9 Å². The first-order valence-corrected chi connectivity index (χ1v) is 20.9. The Morgan fingerprint density at radius 1 is 0.552 bits per heavy atom. The van der Waals surface area contributed by atoms with E-state index in [1.54, 1.807) is 0 Å². The molecule has 5 fully saturated rings. The average molecular weight is 839 g/mol. The van der Waals surface area contributed by atoms with E-state index in [0.29, 0.717) is 6.42 Å². The highest BCUT2D eigenvalue weighted by Crippen LogP contribution is 2.30. The Hall–Kier alpha value is -0.880. The molecule has 0 radical (unpaired) electrons. The van der Waals surface area contributed by atoms with Crippen LogP contribution in [-0.2, 0) is 28.4 Å². The van der Waals surface area contributed by atoms with Crippen LogP contribution in [0.5, 0.6) is 0 Å². The molecule has 2 aliphatic heterocycles. The van der Waals surface area contributed by atoms with Crippen molar-refractivity contribution in [2.45, 2.75) is 186 Å². The molecule has 22 nitrogen and oxygen atoms in total. The van der Waals surface area contributed by atoms with Gasteiger partial charge in [0.1, 0.15) is 36.6 Å². The molecule has 0 amide bonds. The van der Waals surface area contributed by atoms with Gasteiger partial charge in [0.2, 0.25) is 0 Å². The fourth-order valence-electron chi connectivity index (χ4n) is 8.81. The zero-order valence-electron chi connectivity index (χ0n) is 33.4. The third-order valence-electron chi connectivity index (χ3n) is 12.4. The first-order valence-electron chi connectivity index (χ1n) is 20.9. The molecule has 24 N–H and O–H groups in total. The normalized spacial score (nSPS) is 46.4. The molecule has 5 aliphatic rings. The van der Waals surface area contributed by atoms with Crippen molar-refractivity contribution in [2.75, 3.05) is 39.4 Å². The van der Waals surface area contributed by atoms with Crippen molar-refractivity contribution in [1.29, 1.82) is 0 Å². The molecule has 22 heteroatoms. The van der Waals surface area contributed by atoms with Gasteiger partial charge in [0.25, 0.3) is 0 Å². The van der Waals surface area contributed by atoms with Crippen LogP contribution in [0.15, 0.2) is 0 Å². The number of hydrogen-bond donors (Lipinski definition) is 16. The Bertz CT molecular complexity index is 1210. The molecule has 340 valence electrons. The Morgan fingerprint density at radius 3 is 1.48 bits per heavy atom. The molecule has 0 unspecified atom stereocenters. The van der Waals surface area contributed by atoms with E-state index < -0.39 is 122 Å². The minimum Gasteiger partial charge on any atom is -0.391 e. The molecular weight excluding hydrogens is 764 g/mol. The van der Waals surface area contributed by atoms with E-state index in [2.05, 4.69) is 10.6 Å². The molecule has 20 atom stereocenters. The number of ether oxygens (including phenoxy) is 6. The highest BCUT2D eigenvalue weighted by Gasteiger charge is 2.48. The number of nitrogens with two attached hydrogens (primary N) is 8. The largest absolute Gasteiger partial charge is 0.391 e. The quantitative estimate of drug-likeness (QED) is 0.0609. The Morgan fingerprint density at radius 2 is 1.02 bits per heavy atom. The monoisotopic (exact) mass is 839 g/mol. The molecule has 58 heavy (non-hydrogen) atoms. The Labute approximate surface area is 340 Å². The summed E-state index contributed by atoms with van der Waals surface area (Å²) in [5, 5.41) is 71.1. The first kappa shape index (κ1) is 48.2. The third-order valence-corrected chi connectivity index (χ3v) is 12.4. The Kier molecular flexibility index (Phi) is 18.7. The summed E-state index contributed by atoms with van der Waals surface area (Å²) in [5.74, 6) is 0. The van der Waals surface area contributed by atoms with Gasteiger partial charge in [-0.3, -0.25) is 0 Å². The summed E-state index contributed by atoms with van der Waals surface area (Å²) in [6, 6.07) is -3.62. The van der Waals surface area contributed by atoms with Gasteiger partial charge in [-0.2, -0.15) is 0 Å². The number of aliphatic hydroxyl groups excluding tert-OH is 6. The lowest BCUT2D eigenvalue weighted by Gasteiger charge is -2.45. The third kappa shape index (κ3) is 12.6. The van der Waals surface area contributed by atoms with Gasteiger partial charge in [0, 0.05) is 68.9 Å².